The zero-order valence-electron chi connectivity index (χ0n) is 12.1. The number of nitriles is 1. The molecule has 108 valence electrons. The highest BCUT2D eigenvalue weighted by molar-refractivity contribution is 6.31. The van der Waals surface area contributed by atoms with Gasteiger partial charge in [0, 0.05) is 35.0 Å². The van der Waals surface area contributed by atoms with Crippen molar-refractivity contribution in [2.24, 2.45) is 4.99 Å². The molecule has 0 saturated carbocycles. The van der Waals surface area contributed by atoms with Crippen LogP contribution in [0.25, 0.3) is 0 Å². The molecule has 0 unspecified atom stereocenters. The van der Waals surface area contributed by atoms with Crippen molar-refractivity contribution in [2.75, 3.05) is 18.5 Å². The Morgan fingerprint density at radius 3 is 2.73 bits per heavy atom. The molecule has 22 heavy (non-hydrogen) atoms. The molecule has 0 N–H and O–H groups in total. The van der Waals surface area contributed by atoms with E-state index in [1.54, 1.807) is 0 Å². The Kier molecular flexibility index (Phi) is 3.95. The van der Waals surface area contributed by atoms with E-state index in [1.807, 2.05) is 60.5 Å². The Hall–Kier alpha value is -2.57. The molecule has 3 nitrogen and oxygen atoms in total. The summed E-state index contributed by atoms with van der Waals surface area (Å²) < 4.78 is 0. The highest BCUT2D eigenvalue weighted by atomic mass is 35.5. The Balaban J connectivity index is 2.23. The normalized spacial score (nSPS) is 15.8. The summed E-state index contributed by atoms with van der Waals surface area (Å²) in [6, 6.07) is 17.9. The summed E-state index contributed by atoms with van der Waals surface area (Å²) in [5, 5.41) is 9.65. The monoisotopic (exact) mass is 307 g/mol. The number of aliphatic imine (C=N–C) groups is 1. The summed E-state index contributed by atoms with van der Waals surface area (Å²) in [7, 11) is 1.94. The molecule has 2 aromatic carbocycles. The predicted molar refractivity (Wildman–Crippen MR) is 90.5 cm³/mol. The molecular formula is C18H14ClN3. The third-order valence-electron chi connectivity index (χ3n) is 3.68. The van der Waals surface area contributed by atoms with Gasteiger partial charge in [-0.2, -0.15) is 5.26 Å². The van der Waals surface area contributed by atoms with Crippen molar-refractivity contribution < 1.29 is 0 Å². The molecule has 1 heterocycles. The number of hydrogen-bond acceptors (Lipinski definition) is 3. The van der Waals surface area contributed by atoms with E-state index in [2.05, 4.69) is 6.07 Å². The average Bonchev–Trinajstić information content (AvgIpc) is 2.66. The molecule has 1 aliphatic rings. The van der Waals surface area contributed by atoms with E-state index in [-0.39, 0.29) is 0 Å². The number of anilines is 1. The van der Waals surface area contributed by atoms with Gasteiger partial charge in [-0.05, 0) is 18.2 Å². The molecule has 0 spiro atoms. The number of likely N-dealkylation sites (N-methyl/N-ethyl adjacent to an activating group) is 1. The fraction of sp³-hybridized carbons (Fsp3) is 0.111. The second-order valence-electron chi connectivity index (χ2n) is 5.02. The second kappa shape index (κ2) is 6.05. The summed E-state index contributed by atoms with van der Waals surface area (Å²) in [5.41, 5.74) is 4.76. The maximum atomic E-state index is 8.98. The third-order valence-corrected chi connectivity index (χ3v) is 3.92. The second-order valence-corrected chi connectivity index (χ2v) is 5.45. The first-order chi connectivity index (χ1) is 10.7. The highest BCUT2D eigenvalue weighted by Gasteiger charge is 2.20. The number of nitrogens with zero attached hydrogens (tertiary/aromatic N) is 3. The van der Waals surface area contributed by atoms with Crippen LogP contribution in [0.2, 0.25) is 5.02 Å². The number of fused-ring (bicyclic) bond motifs is 1. The van der Waals surface area contributed by atoms with Gasteiger partial charge in [-0.25, -0.2) is 0 Å². The summed E-state index contributed by atoms with van der Waals surface area (Å²) in [6.07, 6.45) is 1.54. The fourth-order valence-corrected chi connectivity index (χ4v) is 2.73. The van der Waals surface area contributed by atoms with Crippen molar-refractivity contribution in [3.8, 4) is 6.07 Å². The molecule has 0 bridgehead atoms. The summed E-state index contributed by atoms with van der Waals surface area (Å²) in [6.45, 7) is 0.459. The van der Waals surface area contributed by atoms with Gasteiger partial charge in [0.2, 0.25) is 0 Å². The largest absolute Gasteiger partial charge is 0.345 e. The standard InChI is InChI=1S/C18H14ClN3/c1-22-15(9-10-20)12-21-18(13-5-3-2-4-6-13)16-11-14(19)7-8-17(16)22/h2-9,11H,12H2,1H3. The number of benzodiazepines with no additional fused rings is 1. The molecule has 3 rings (SSSR count). The first-order valence-electron chi connectivity index (χ1n) is 6.93. The smallest absolute Gasteiger partial charge is 0.0931 e. The van der Waals surface area contributed by atoms with Crippen LogP contribution < -0.4 is 4.90 Å². The van der Waals surface area contributed by atoms with Crippen molar-refractivity contribution in [3.63, 3.8) is 0 Å². The van der Waals surface area contributed by atoms with Crippen LogP contribution >= 0.6 is 11.6 Å². The molecule has 0 amide bonds. The van der Waals surface area contributed by atoms with E-state index >= 15 is 0 Å². The Labute approximate surface area is 134 Å². The fourth-order valence-electron chi connectivity index (χ4n) is 2.56. The van der Waals surface area contributed by atoms with Crippen LogP contribution in [0.4, 0.5) is 5.69 Å². The number of halogens is 1. The quantitative estimate of drug-likeness (QED) is 0.746. The zero-order valence-corrected chi connectivity index (χ0v) is 12.9. The number of hydrogen-bond donors (Lipinski definition) is 0. The Bertz CT molecular complexity index is 801. The van der Waals surface area contributed by atoms with Gasteiger partial charge in [-0.3, -0.25) is 4.99 Å². The molecule has 0 atom stereocenters. The Morgan fingerprint density at radius 2 is 2.00 bits per heavy atom. The lowest BCUT2D eigenvalue weighted by Crippen LogP contribution is -2.18. The Morgan fingerprint density at radius 1 is 1.23 bits per heavy atom. The van der Waals surface area contributed by atoms with Gasteiger partial charge in [0.15, 0.2) is 0 Å². The number of rotatable bonds is 1. The lowest BCUT2D eigenvalue weighted by Gasteiger charge is -2.21. The SMILES string of the molecule is CN1C(=CC#N)CN=C(c2ccccc2)c2cc(Cl)ccc21. The molecule has 0 saturated heterocycles. The van der Waals surface area contributed by atoms with E-state index in [1.165, 1.54) is 6.08 Å². The highest BCUT2D eigenvalue weighted by Crippen LogP contribution is 2.31. The van der Waals surface area contributed by atoms with Crippen LogP contribution in [0.3, 0.4) is 0 Å². The average molecular weight is 308 g/mol. The van der Waals surface area contributed by atoms with E-state index in [9.17, 15) is 0 Å². The van der Waals surface area contributed by atoms with Crippen LogP contribution in [0.5, 0.6) is 0 Å². The molecule has 0 fully saturated rings. The molecule has 2 aromatic rings. The van der Waals surface area contributed by atoms with E-state index < -0.39 is 0 Å². The number of allylic oxidation sites excluding steroid dienone is 1. The van der Waals surface area contributed by atoms with Gasteiger partial charge in [0.25, 0.3) is 0 Å². The van der Waals surface area contributed by atoms with Crippen molar-refractivity contribution in [2.45, 2.75) is 0 Å². The third kappa shape index (κ3) is 2.61. The maximum Gasteiger partial charge on any atom is 0.0931 e. The minimum Gasteiger partial charge on any atom is -0.345 e. The van der Waals surface area contributed by atoms with Crippen molar-refractivity contribution in [1.29, 1.82) is 5.26 Å². The van der Waals surface area contributed by atoms with Crippen LogP contribution in [-0.2, 0) is 0 Å². The molecule has 4 heteroatoms. The number of benzene rings is 2. The molecular weight excluding hydrogens is 294 g/mol. The zero-order chi connectivity index (χ0) is 15.5. The summed E-state index contributed by atoms with van der Waals surface area (Å²) in [4.78, 5) is 6.72. The molecule has 0 radical (unpaired) electrons. The van der Waals surface area contributed by atoms with Crippen LogP contribution in [0.15, 0.2) is 65.3 Å². The first kappa shape index (κ1) is 14.4. The van der Waals surface area contributed by atoms with E-state index in [0.29, 0.717) is 11.6 Å². The van der Waals surface area contributed by atoms with Crippen LogP contribution in [0, 0.1) is 11.3 Å². The summed E-state index contributed by atoms with van der Waals surface area (Å²) >= 11 is 6.19. The molecule has 0 aromatic heterocycles. The minimum atomic E-state index is 0.459. The van der Waals surface area contributed by atoms with E-state index in [4.69, 9.17) is 21.9 Å². The molecule has 1 aliphatic heterocycles. The van der Waals surface area contributed by atoms with E-state index in [0.717, 1.165) is 28.2 Å². The van der Waals surface area contributed by atoms with Gasteiger partial charge < -0.3 is 4.90 Å². The minimum absolute atomic E-state index is 0.459. The van der Waals surface area contributed by atoms with Gasteiger partial charge in [-0.1, -0.05) is 41.9 Å². The van der Waals surface area contributed by atoms with Gasteiger partial charge in [0.05, 0.1) is 24.0 Å². The van der Waals surface area contributed by atoms with Gasteiger partial charge >= 0.3 is 0 Å². The van der Waals surface area contributed by atoms with Crippen LogP contribution in [0.1, 0.15) is 11.1 Å². The van der Waals surface area contributed by atoms with Crippen molar-refractivity contribution in [1.82, 2.24) is 0 Å². The lowest BCUT2D eigenvalue weighted by atomic mass is 10.0. The van der Waals surface area contributed by atoms with Gasteiger partial charge in [-0.15, -0.1) is 0 Å². The van der Waals surface area contributed by atoms with Crippen molar-refractivity contribution in [3.05, 3.63) is 76.5 Å². The van der Waals surface area contributed by atoms with Gasteiger partial charge in [0.1, 0.15) is 0 Å². The predicted octanol–water partition coefficient (Wildman–Crippen LogP) is 4.03. The maximum absolute atomic E-state index is 8.98. The molecule has 0 aliphatic carbocycles. The van der Waals surface area contributed by atoms with Crippen molar-refractivity contribution >= 4 is 23.0 Å². The first-order valence-corrected chi connectivity index (χ1v) is 7.30. The van der Waals surface area contributed by atoms with Crippen LogP contribution in [-0.4, -0.2) is 19.3 Å². The topological polar surface area (TPSA) is 39.4 Å². The summed E-state index contributed by atoms with van der Waals surface area (Å²) in [5.74, 6) is 0. The lowest BCUT2D eigenvalue weighted by molar-refractivity contribution is 1.02.